The summed E-state index contributed by atoms with van der Waals surface area (Å²) in [6.45, 7) is 1.88. The molecule has 1 aromatic heterocycles. The smallest absolute Gasteiger partial charge is 0.418 e. The summed E-state index contributed by atoms with van der Waals surface area (Å²) < 4.78 is 38.5. The third kappa shape index (κ3) is 3.55. The van der Waals surface area contributed by atoms with E-state index in [0.717, 1.165) is 22.3 Å². The van der Waals surface area contributed by atoms with Gasteiger partial charge in [-0.1, -0.05) is 12.1 Å². The number of alkyl halides is 3. The molecule has 2 N–H and O–H groups in total. The van der Waals surface area contributed by atoms with E-state index in [2.05, 4.69) is 5.32 Å². The average molecular weight is 315 g/mol. The maximum absolute atomic E-state index is 12.8. The number of nitrogens with one attached hydrogen (secondary N) is 1. The van der Waals surface area contributed by atoms with E-state index < -0.39 is 17.7 Å². The van der Waals surface area contributed by atoms with E-state index in [-0.39, 0.29) is 17.1 Å². The zero-order chi connectivity index (χ0) is 15.6. The van der Waals surface area contributed by atoms with Crippen LogP contribution in [0.5, 0.6) is 0 Å². The second-order valence-corrected chi connectivity index (χ2v) is 5.65. The number of aromatic carboxylic acids is 1. The number of aryl methyl sites for hydroxylation is 1. The van der Waals surface area contributed by atoms with Gasteiger partial charge in [0.1, 0.15) is 4.88 Å². The molecule has 1 heterocycles. The summed E-state index contributed by atoms with van der Waals surface area (Å²) in [5.74, 6) is -1.04. The Morgan fingerprint density at radius 2 is 2.00 bits per heavy atom. The Hall–Kier alpha value is -2.02. The van der Waals surface area contributed by atoms with Crippen LogP contribution in [-0.4, -0.2) is 11.1 Å². The van der Waals surface area contributed by atoms with E-state index in [1.807, 2.05) is 0 Å². The topological polar surface area (TPSA) is 49.3 Å². The van der Waals surface area contributed by atoms with Crippen LogP contribution < -0.4 is 5.32 Å². The van der Waals surface area contributed by atoms with Gasteiger partial charge in [-0.05, 0) is 30.7 Å². The number of carboxylic acids is 1. The molecule has 112 valence electrons. The first-order valence-electron chi connectivity index (χ1n) is 6.01. The Balaban J connectivity index is 2.19. The second kappa shape index (κ2) is 5.77. The van der Waals surface area contributed by atoms with Crippen LogP contribution in [0, 0.1) is 6.92 Å². The highest BCUT2D eigenvalue weighted by molar-refractivity contribution is 7.14. The molecule has 0 radical (unpaired) electrons. The molecule has 0 saturated heterocycles. The van der Waals surface area contributed by atoms with Crippen molar-refractivity contribution in [3.8, 4) is 0 Å². The zero-order valence-corrected chi connectivity index (χ0v) is 11.8. The Kier molecular flexibility index (Phi) is 4.22. The lowest BCUT2D eigenvalue weighted by molar-refractivity contribution is -0.137. The molecule has 1 aromatic carbocycles. The standard InChI is InChI=1S/C14H12F3NO2S/c1-8-9(6-12(21-8)13(19)20)7-18-11-5-3-2-4-10(11)14(15,16)17/h2-6,18H,7H2,1H3,(H,19,20). The maximum Gasteiger partial charge on any atom is 0.418 e. The number of carboxylic acid groups (broad SMARTS) is 1. The Morgan fingerprint density at radius 1 is 1.33 bits per heavy atom. The van der Waals surface area contributed by atoms with Crippen LogP contribution in [0.3, 0.4) is 0 Å². The number of benzene rings is 1. The third-order valence-electron chi connectivity index (χ3n) is 2.93. The quantitative estimate of drug-likeness (QED) is 0.880. The molecule has 0 fully saturated rings. The number of rotatable bonds is 4. The predicted octanol–water partition coefficient (Wildman–Crippen LogP) is 4.39. The lowest BCUT2D eigenvalue weighted by Crippen LogP contribution is -2.10. The maximum atomic E-state index is 12.8. The fourth-order valence-electron chi connectivity index (χ4n) is 1.88. The van der Waals surface area contributed by atoms with Crippen LogP contribution in [0.25, 0.3) is 0 Å². The van der Waals surface area contributed by atoms with Crippen LogP contribution in [0.2, 0.25) is 0 Å². The molecule has 0 amide bonds. The van der Waals surface area contributed by atoms with Crippen molar-refractivity contribution in [3.05, 3.63) is 51.2 Å². The minimum absolute atomic E-state index is 0.0209. The van der Waals surface area contributed by atoms with Gasteiger partial charge in [-0.2, -0.15) is 13.2 Å². The minimum atomic E-state index is -4.43. The minimum Gasteiger partial charge on any atom is -0.477 e. The highest BCUT2D eigenvalue weighted by Crippen LogP contribution is 2.35. The summed E-state index contributed by atoms with van der Waals surface area (Å²) in [4.78, 5) is 11.8. The van der Waals surface area contributed by atoms with Crippen molar-refractivity contribution < 1.29 is 23.1 Å². The van der Waals surface area contributed by atoms with Gasteiger partial charge in [0.05, 0.1) is 5.56 Å². The molecule has 7 heteroatoms. The van der Waals surface area contributed by atoms with Crippen molar-refractivity contribution in [3.63, 3.8) is 0 Å². The second-order valence-electron chi connectivity index (χ2n) is 4.39. The van der Waals surface area contributed by atoms with E-state index in [9.17, 15) is 18.0 Å². The molecule has 0 spiro atoms. The lowest BCUT2D eigenvalue weighted by Gasteiger charge is -2.14. The van der Waals surface area contributed by atoms with Gasteiger partial charge in [0.15, 0.2) is 0 Å². The molecule has 2 aromatic rings. The summed E-state index contributed by atoms with van der Waals surface area (Å²) in [6.07, 6.45) is -4.43. The molecule has 3 nitrogen and oxygen atoms in total. The number of halogens is 3. The van der Waals surface area contributed by atoms with Crippen molar-refractivity contribution in [1.29, 1.82) is 0 Å². The lowest BCUT2D eigenvalue weighted by atomic mass is 10.1. The fraction of sp³-hybridized carbons (Fsp3) is 0.214. The van der Waals surface area contributed by atoms with Crippen LogP contribution in [0.4, 0.5) is 18.9 Å². The number of carbonyl (C=O) groups is 1. The van der Waals surface area contributed by atoms with Crippen molar-refractivity contribution in [2.24, 2.45) is 0 Å². The Morgan fingerprint density at radius 3 is 2.57 bits per heavy atom. The van der Waals surface area contributed by atoms with Gasteiger partial charge in [0.25, 0.3) is 0 Å². The third-order valence-corrected chi connectivity index (χ3v) is 4.01. The van der Waals surface area contributed by atoms with Gasteiger partial charge in [0.2, 0.25) is 0 Å². The van der Waals surface area contributed by atoms with Crippen molar-refractivity contribution in [2.45, 2.75) is 19.6 Å². The monoisotopic (exact) mass is 315 g/mol. The van der Waals surface area contributed by atoms with Crippen molar-refractivity contribution >= 4 is 23.0 Å². The van der Waals surface area contributed by atoms with E-state index in [1.165, 1.54) is 24.3 Å². The molecule has 0 bridgehead atoms. The van der Waals surface area contributed by atoms with Gasteiger partial charge < -0.3 is 10.4 Å². The highest BCUT2D eigenvalue weighted by Gasteiger charge is 2.33. The molecule has 0 saturated carbocycles. The van der Waals surface area contributed by atoms with Crippen molar-refractivity contribution in [2.75, 3.05) is 5.32 Å². The number of anilines is 1. The number of hydrogen-bond donors (Lipinski definition) is 2. The Labute approximate surface area is 123 Å². The molecule has 0 unspecified atom stereocenters. The van der Waals surface area contributed by atoms with E-state index in [4.69, 9.17) is 5.11 Å². The summed E-state index contributed by atoms with van der Waals surface area (Å²) in [6, 6.07) is 6.67. The van der Waals surface area contributed by atoms with E-state index >= 15 is 0 Å². The molecule has 21 heavy (non-hydrogen) atoms. The van der Waals surface area contributed by atoms with Gasteiger partial charge in [-0.3, -0.25) is 0 Å². The first kappa shape index (κ1) is 15.4. The SMILES string of the molecule is Cc1sc(C(=O)O)cc1CNc1ccccc1C(F)(F)F. The van der Waals surface area contributed by atoms with Crippen LogP contribution in [0.1, 0.15) is 25.7 Å². The molecular formula is C14H12F3NO2S. The van der Waals surface area contributed by atoms with Crippen LogP contribution >= 0.6 is 11.3 Å². The van der Waals surface area contributed by atoms with Crippen LogP contribution in [0.15, 0.2) is 30.3 Å². The highest BCUT2D eigenvalue weighted by atomic mass is 32.1. The first-order valence-corrected chi connectivity index (χ1v) is 6.83. The number of para-hydroxylation sites is 1. The molecule has 0 aliphatic heterocycles. The molecule has 0 aliphatic rings. The van der Waals surface area contributed by atoms with Gasteiger partial charge in [-0.15, -0.1) is 11.3 Å². The molecule has 0 aliphatic carbocycles. The summed E-state index contributed by atoms with van der Waals surface area (Å²) in [5.41, 5.74) is -0.0850. The molecule has 0 atom stereocenters. The Bertz CT molecular complexity index is 664. The van der Waals surface area contributed by atoms with Gasteiger partial charge in [0, 0.05) is 17.1 Å². The normalized spacial score (nSPS) is 11.4. The predicted molar refractivity (Wildman–Crippen MR) is 74.8 cm³/mol. The largest absolute Gasteiger partial charge is 0.477 e. The number of hydrogen-bond acceptors (Lipinski definition) is 3. The fourth-order valence-corrected chi connectivity index (χ4v) is 2.76. The first-order chi connectivity index (χ1) is 9.79. The van der Waals surface area contributed by atoms with E-state index in [1.54, 1.807) is 6.92 Å². The summed E-state index contributed by atoms with van der Waals surface area (Å²) in [7, 11) is 0. The van der Waals surface area contributed by atoms with Crippen molar-refractivity contribution in [1.82, 2.24) is 0 Å². The summed E-state index contributed by atoms with van der Waals surface area (Å²) in [5, 5.41) is 11.6. The molecule has 2 rings (SSSR count). The number of thiophene rings is 1. The average Bonchev–Trinajstić information content (AvgIpc) is 2.77. The van der Waals surface area contributed by atoms with E-state index in [0.29, 0.717) is 5.56 Å². The summed E-state index contributed by atoms with van der Waals surface area (Å²) >= 11 is 1.11. The van der Waals surface area contributed by atoms with Gasteiger partial charge in [-0.25, -0.2) is 4.79 Å². The van der Waals surface area contributed by atoms with Gasteiger partial charge >= 0.3 is 12.1 Å². The zero-order valence-electron chi connectivity index (χ0n) is 11.0. The van der Waals surface area contributed by atoms with Crippen LogP contribution in [-0.2, 0) is 12.7 Å². The molecular weight excluding hydrogens is 303 g/mol.